The molecule has 2 nitrogen and oxygen atoms in total. The van der Waals surface area contributed by atoms with E-state index in [-0.39, 0.29) is 6.10 Å². The van der Waals surface area contributed by atoms with Crippen molar-refractivity contribution in [1.82, 2.24) is 0 Å². The van der Waals surface area contributed by atoms with Crippen LogP contribution in [0.3, 0.4) is 0 Å². The summed E-state index contributed by atoms with van der Waals surface area (Å²) in [6.07, 6.45) is 6.65. The quantitative estimate of drug-likeness (QED) is 0.486. The highest BCUT2D eigenvalue weighted by molar-refractivity contribution is 6.26. The number of alkyl halides is 1. The Bertz CT molecular complexity index is 121. The van der Waals surface area contributed by atoms with E-state index in [2.05, 4.69) is 0 Å². The van der Waals surface area contributed by atoms with E-state index in [0.29, 0.717) is 6.29 Å². The van der Waals surface area contributed by atoms with E-state index in [1.165, 1.54) is 19.3 Å². The molecule has 11 heavy (non-hydrogen) atoms. The second kappa shape index (κ2) is 4.73. The molecule has 1 saturated carbocycles. The van der Waals surface area contributed by atoms with Crippen LogP contribution in [0.15, 0.2) is 0 Å². The van der Waals surface area contributed by atoms with Gasteiger partial charge in [0.1, 0.15) is 0 Å². The monoisotopic (exact) mass is 176 g/mol. The van der Waals surface area contributed by atoms with Gasteiger partial charge in [-0.1, -0.05) is 30.9 Å². The molecule has 0 bridgehead atoms. The van der Waals surface area contributed by atoms with Crippen LogP contribution in [0, 0.1) is 0 Å². The van der Waals surface area contributed by atoms with Crippen molar-refractivity contribution in [3.05, 3.63) is 0 Å². The number of carbonyl (C=O) groups is 1. The molecule has 1 aliphatic rings. The molecule has 0 spiro atoms. The van der Waals surface area contributed by atoms with E-state index >= 15 is 0 Å². The fourth-order valence-electron chi connectivity index (χ4n) is 1.42. The predicted octanol–water partition coefficient (Wildman–Crippen LogP) is 2.10. The Hall–Kier alpha value is -0.0800. The molecule has 0 aliphatic heterocycles. The summed E-state index contributed by atoms with van der Waals surface area (Å²) in [7, 11) is 0. The smallest absolute Gasteiger partial charge is 0.186 e. The lowest BCUT2D eigenvalue weighted by molar-refractivity contribution is -0.117. The minimum absolute atomic E-state index is 0.219. The maximum Gasteiger partial charge on any atom is 0.186 e. The van der Waals surface area contributed by atoms with Gasteiger partial charge in [-0.15, -0.1) is 0 Å². The molecule has 1 aliphatic carbocycles. The molecule has 0 radical (unpaired) electrons. The first-order valence-electron chi connectivity index (χ1n) is 4.08. The van der Waals surface area contributed by atoms with Crippen molar-refractivity contribution in [2.45, 2.75) is 43.8 Å². The number of hydrogen-bond acceptors (Lipinski definition) is 2. The van der Waals surface area contributed by atoms with Gasteiger partial charge in [0.05, 0.1) is 6.10 Å². The molecule has 64 valence electrons. The van der Waals surface area contributed by atoms with Crippen LogP contribution in [0.1, 0.15) is 32.1 Å². The number of halogens is 1. The number of aldehydes is 1. The van der Waals surface area contributed by atoms with Gasteiger partial charge in [-0.3, -0.25) is 4.79 Å². The average molecular weight is 177 g/mol. The fraction of sp³-hybridized carbons (Fsp3) is 0.875. The minimum Gasteiger partial charge on any atom is -0.352 e. The van der Waals surface area contributed by atoms with E-state index in [1.807, 2.05) is 0 Å². The summed E-state index contributed by atoms with van der Waals surface area (Å²) < 4.78 is 5.24. The SMILES string of the molecule is O=CC(Cl)OC1CCCCC1. The van der Waals surface area contributed by atoms with E-state index in [0.717, 1.165) is 12.8 Å². The fourth-order valence-corrected chi connectivity index (χ4v) is 1.56. The number of hydrogen-bond donors (Lipinski definition) is 0. The zero-order valence-corrected chi connectivity index (χ0v) is 7.22. The van der Waals surface area contributed by atoms with Crippen LogP contribution in [-0.2, 0) is 9.53 Å². The molecule has 1 unspecified atom stereocenters. The summed E-state index contributed by atoms with van der Waals surface area (Å²) in [5, 5.41) is 0. The maximum absolute atomic E-state index is 10.1. The van der Waals surface area contributed by atoms with Crippen molar-refractivity contribution in [2.24, 2.45) is 0 Å². The van der Waals surface area contributed by atoms with Crippen LogP contribution in [0.4, 0.5) is 0 Å². The Labute approximate surface area is 71.9 Å². The molecule has 0 amide bonds. The summed E-state index contributed by atoms with van der Waals surface area (Å²) in [6, 6.07) is 0. The van der Waals surface area contributed by atoms with Crippen molar-refractivity contribution in [1.29, 1.82) is 0 Å². The Morgan fingerprint density at radius 1 is 1.36 bits per heavy atom. The lowest BCUT2D eigenvalue weighted by Gasteiger charge is -2.22. The zero-order chi connectivity index (χ0) is 8.10. The minimum atomic E-state index is -0.738. The first-order chi connectivity index (χ1) is 5.33. The molecule has 0 aromatic carbocycles. The van der Waals surface area contributed by atoms with Gasteiger partial charge in [-0.2, -0.15) is 0 Å². The van der Waals surface area contributed by atoms with Gasteiger partial charge in [0, 0.05) is 0 Å². The van der Waals surface area contributed by atoms with Gasteiger partial charge >= 0.3 is 0 Å². The zero-order valence-electron chi connectivity index (χ0n) is 6.46. The van der Waals surface area contributed by atoms with Crippen molar-refractivity contribution < 1.29 is 9.53 Å². The Balaban J connectivity index is 2.18. The van der Waals surface area contributed by atoms with Crippen LogP contribution in [0.5, 0.6) is 0 Å². The molecule has 3 heteroatoms. The van der Waals surface area contributed by atoms with E-state index in [9.17, 15) is 4.79 Å². The summed E-state index contributed by atoms with van der Waals surface area (Å²) in [4.78, 5) is 10.1. The van der Waals surface area contributed by atoms with E-state index < -0.39 is 5.56 Å². The van der Waals surface area contributed by atoms with Gasteiger partial charge in [-0.25, -0.2) is 0 Å². The Morgan fingerprint density at radius 3 is 2.55 bits per heavy atom. The lowest BCUT2D eigenvalue weighted by Crippen LogP contribution is -2.21. The second-order valence-corrected chi connectivity index (χ2v) is 3.31. The van der Waals surface area contributed by atoms with Crippen LogP contribution in [0.2, 0.25) is 0 Å². The third-order valence-corrected chi connectivity index (χ3v) is 2.19. The molecule has 1 atom stereocenters. The molecule has 1 fully saturated rings. The van der Waals surface area contributed by atoms with E-state index in [1.54, 1.807) is 0 Å². The Kier molecular flexibility index (Phi) is 3.87. The standard InChI is InChI=1S/C8H13ClO2/c9-8(6-10)11-7-4-2-1-3-5-7/h6-8H,1-5H2. The summed E-state index contributed by atoms with van der Waals surface area (Å²) in [5.41, 5.74) is -0.738. The first kappa shape index (κ1) is 9.01. The highest BCUT2D eigenvalue weighted by Crippen LogP contribution is 2.21. The molecular weight excluding hydrogens is 164 g/mol. The van der Waals surface area contributed by atoms with Gasteiger partial charge in [0.25, 0.3) is 0 Å². The van der Waals surface area contributed by atoms with Crippen LogP contribution in [-0.4, -0.2) is 18.0 Å². The molecule has 0 heterocycles. The number of rotatable bonds is 3. The molecule has 0 aromatic heterocycles. The van der Waals surface area contributed by atoms with Crippen LogP contribution < -0.4 is 0 Å². The second-order valence-electron chi connectivity index (χ2n) is 2.88. The molecule has 0 N–H and O–H groups in total. The number of carbonyl (C=O) groups excluding carboxylic acids is 1. The van der Waals surface area contributed by atoms with Crippen molar-refractivity contribution in [2.75, 3.05) is 0 Å². The Morgan fingerprint density at radius 2 is 2.00 bits per heavy atom. The van der Waals surface area contributed by atoms with Crippen LogP contribution >= 0.6 is 11.6 Å². The van der Waals surface area contributed by atoms with Gasteiger partial charge in [0.2, 0.25) is 0 Å². The van der Waals surface area contributed by atoms with Gasteiger partial charge < -0.3 is 4.74 Å². The van der Waals surface area contributed by atoms with Crippen molar-refractivity contribution >= 4 is 17.9 Å². The number of ether oxygens (including phenoxy) is 1. The van der Waals surface area contributed by atoms with Gasteiger partial charge in [-0.05, 0) is 12.8 Å². The third kappa shape index (κ3) is 3.21. The largest absolute Gasteiger partial charge is 0.352 e. The average Bonchev–Trinajstić information content (AvgIpc) is 2.06. The van der Waals surface area contributed by atoms with Crippen molar-refractivity contribution in [3.63, 3.8) is 0 Å². The lowest BCUT2D eigenvalue weighted by atomic mass is 9.98. The molecule has 1 rings (SSSR count). The summed E-state index contributed by atoms with van der Waals surface area (Å²) >= 11 is 5.51. The molecular formula is C8H13ClO2. The highest BCUT2D eigenvalue weighted by atomic mass is 35.5. The summed E-state index contributed by atoms with van der Waals surface area (Å²) in [5.74, 6) is 0. The first-order valence-corrected chi connectivity index (χ1v) is 4.51. The van der Waals surface area contributed by atoms with Gasteiger partial charge in [0.15, 0.2) is 11.8 Å². The topological polar surface area (TPSA) is 26.3 Å². The normalized spacial score (nSPS) is 23.0. The van der Waals surface area contributed by atoms with E-state index in [4.69, 9.17) is 16.3 Å². The van der Waals surface area contributed by atoms with Crippen molar-refractivity contribution in [3.8, 4) is 0 Å². The molecule has 0 saturated heterocycles. The third-order valence-electron chi connectivity index (χ3n) is 1.98. The highest BCUT2D eigenvalue weighted by Gasteiger charge is 2.16. The molecule has 0 aromatic rings. The van der Waals surface area contributed by atoms with Crippen LogP contribution in [0.25, 0.3) is 0 Å². The maximum atomic E-state index is 10.1. The predicted molar refractivity (Wildman–Crippen MR) is 43.7 cm³/mol. The summed E-state index contributed by atoms with van der Waals surface area (Å²) in [6.45, 7) is 0.